The fourth-order valence-corrected chi connectivity index (χ4v) is 5.85. The van der Waals surface area contributed by atoms with E-state index < -0.39 is 0 Å². The van der Waals surface area contributed by atoms with Gasteiger partial charge in [0.1, 0.15) is 0 Å². The van der Waals surface area contributed by atoms with Gasteiger partial charge in [0.05, 0.1) is 4.87 Å². The van der Waals surface area contributed by atoms with E-state index >= 15 is 0 Å². The number of nitrogens with zero attached hydrogens (tertiary/aromatic N) is 2. The molecule has 0 aromatic heterocycles. The Morgan fingerprint density at radius 1 is 1.03 bits per heavy atom. The number of halogens is 1. The van der Waals surface area contributed by atoms with E-state index in [1.807, 2.05) is 47.5 Å². The molecular weight excluding hydrogens is 418 g/mol. The predicted octanol–water partition coefficient (Wildman–Crippen LogP) is 5.17. The normalized spacial score (nSPS) is 18.0. The molecule has 3 amide bonds. The van der Waals surface area contributed by atoms with Gasteiger partial charge in [-0.3, -0.25) is 4.79 Å². The van der Waals surface area contributed by atoms with Crippen LogP contribution in [0.25, 0.3) is 0 Å². The molecule has 1 spiro atoms. The van der Waals surface area contributed by atoms with Crippen molar-refractivity contribution in [1.82, 2.24) is 9.80 Å². The van der Waals surface area contributed by atoms with Gasteiger partial charge in [-0.25, -0.2) is 4.79 Å². The molecule has 7 heteroatoms. The lowest BCUT2D eigenvalue weighted by atomic mass is 10.0. The summed E-state index contributed by atoms with van der Waals surface area (Å²) in [6, 6.07) is 13.0. The number of amides is 3. The van der Waals surface area contributed by atoms with E-state index in [0.717, 1.165) is 36.4 Å². The first-order chi connectivity index (χ1) is 14.4. The van der Waals surface area contributed by atoms with Gasteiger partial charge in [-0.15, -0.1) is 11.8 Å². The molecule has 1 N–H and O–H groups in total. The van der Waals surface area contributed by atoms with Crippen LogP contribution in [0.4, 0.5) is 10.5 Å². The Kier molecular flexibility index (Phi) is 5.98. The lowest BCUT2D eigenvalue weighted by Gasteiger charge is -2.44. The number of carbonyl (C=O) groups excluding carboxylic acids is 2. The molecule has 2 heterocycles. The maximum Gasteiger partial charge on any atom is 0.321 e. The number of hydrogen-bond acceptors (Lipinski definition) is 3. The summed E-state index contributed by atoms with van der Waals surface area (Å²) in [5.41, 5.74) is 3.74. The zero-order valence-corrected chi connectivity index (χ0v) is 18.9. The molecule has 0 radical (unpaired) electrons. The lowest BCUT2D eigenvalue weighted by Crippen LogP contribution is -2.54. The zero-order chi connectivity index (χ0) is 21.3. The highest BCUT2D eigenvalue weighted by Crippen LogP contribution is 2.44. The van der Waals surface area contributed by atoms with E-state index in [2.05, 4.69) is 11.4 Å². The van der Waals surface area contributed by atoms with Gasteiger partial charge < -0.3 is 15.1 Å². The number of piperidine rings is 1. The molecule has 0 unspecified atom stereocenters. The van der Waals surface area contributed by atoms with Crippen molar-refractivity contribution in [3.63, 3.8) is 0 Å². The van der Waals surface area contributed by atoms with Crippen molar-refractivity contribution in [2.24, 2.45) is 0 Å². The standard InChI is InChI=1S/C23H26ClN3O2S/c1-16-3-8-20(17(2)15-16)25-22(29)26-11-9-23(10-12-26)27(13-14-30-23)21(28)18-4-6-19(24)7-5-18/h3-8,15H,9-14H2,1-2H3,(H,25,29). The zero-order valence-electron chi connectivity index (χ0n) is 17.3. The van der Waals surface area contributed by atoms with Crippen LogP contribution in [0.2, 0.25) is 5.02 Å². The summed E-state index contributed by atoms with van der Waals surface area (Å²) in [6.45, 7) is 6.05. The van der Waals surface area contributed by atoms with Gasteiger partial charge in [0.25, 0.3) is 5.91 Å². The van der Waals surface area contributed by atoms with Crippen LogP contribution >= 0.6 is 23.4 Å². The molecule has 5 nitrogen and oxygen atoms in total. The van der Waals surface area contributed by atoms with Crippen LogP contribution in [0.15, 0.2) is 42.5 Å². The van der Waals surface area contributed by atoms with Crippen molar-refractivity contribution in [3.8, 4) is 0 Å². The Morgan fingerprint density at radius 3 is 2.40 bits per heavy atom. The molecule has 0 aliphatic carbocycles. The largest absolute Gasteiger partial charge is 0.324 e. The Bertz CT molecular complexity index is 955. The molecule has 4 rings (SSSR count). The third-order valence-corrected chi connectivity index (χ3v) is 7.77. The van der Waals surface area contributed by atoms with Crippen LogP contribution in [0.1, 0.15) is 34.3 Å². The van der Waals surface area contributed by atoms with Crippen LogP contribution in [-0.2, 0) is 0 Å². The highest BCUT2D eigenvalue weighted by atomic mass is 35.5. The van der Waals surface area contributed by atoms with E-state index in [0.29, 0.717) is 23.7 Å². The van der Waals surface area contributed by atoms with Gasteiger partial charge in [0.15, 0.2) is 0 Å². The first kappa shape index (κ1) is 21.1. The number of aryl methyl sites for hydroxylation is 2. The molecule has 2 aliphatic heterocycles. The topological polar surface area (TPSA) is 52.7 Å². The van der Waals surface area contributed by atoms with Crippen LogP contribution in [0, 0.1) is 13.8 Å². The molecular formula is C23H26ClN3O2S. The van der Waals surface area contributed by atoms with E-state index in [1.54, 1.807) is 24.3 Å². The smallest absolute Gasteiger partial charge is 0.321 e. The van der Waals surface area contributed by atoms with Gasteiger partial charge >= 0.3 is 6.03 Å². The summed E-state index contributed by atoms with van der Waals surface area (Å²) >= 11 is 7.81. The number of hydrogen-bond donors (Lipinski definition) is 1. The lowest BCUT2D eigenvalue weighted by molar-refractivity contribution is 0.0585. The highest BCUT2D eigenvalue weighted by Gasteiger charge is 2.47. The van der Waals surface area contributed by atoms with Crippen molar-refractivity contribution >= 4 is 41.0 Å². The van der Waals surface area contributed by atoms with Crippen LogP contribution < -0.4 is 5.32 Å². The fraction of sp³-hybridized carbons (Fsp3) is 0.391. The molecule has 2 fully saturated rings. The Hall–Kier alpha value is -2.18. The number of rotatable bonds is 2. The highest BCUT2D eigenvalue weighted by molar-refractivity contribution is 8.00. The SMILES string of the molecule is Cc1ccc(NC(=O)N2CCC3(CC2)SCCN3C(=O)c2ccc(Cl)cc2)c(C)c1. The van der Waals surface area contributed by atoms with Crippen LogP contribution in [0.3, 0.4) is 0 Å². The van der Waals surface area contributed by atoms with E-state index in [-0.39, 0.29) is 16.8 Å². The summed E-state index contributed by atoms with van der Waals surface area (Å²) in [5.74, 6) is 0.971. The van der Waals surface area contributed by atoms with E-state index in [4.69, 9.17) is 11.6 Å². The number of urea groups is 1. The molecule has 0 saturated carbocycles. The van der Waals surface area contributed by atoms with Gasteiger partial charge in [0, 0.05) is 41.7 Å². The fourth-order valence-electron chi connectivity index (χ4n) is 4.27. The average molecular weight is 444 g/mol. The minimum atomic E-state index is -0.229. The minimum Gasteiger partial charge on any atom is -0.324 e. The van der Waals surface area contributed by atoms with Gasteiger partial charge in [0.2, 0.25) is 0 Å². The molecule has 30 heavy (non-hydrogen) atoms. The molecule has 2 aromatic rings. The van der Waals surface area contributed by atoms with Crippen LogP contribution in [0.5, 0.6) is 0 Å². The molecule has 158 valence electrons. The van der Waals surface area contributed by atoms with Crippen molar-refractivity contribution in [1.29, 1.82) is 0 Å². The monoisotopic (exact) mass is 443 g/mol. The van der Waals surface area contributed by atoms with Crippen LogP contribution in [-0.4, -0.2) is 52.0 Å². The minimum absolute atomic E-state index is 0.0462. The third kappa shape index (κ3) is 4.16. The summed E-state index contributed by atoms with van der Waals surface area (Å²) in [7, 11) is 0. The molecule has 0 atom stereocenters. The second-order valence-corrected chi connectivity index (χ2v) is 9.89. The molecule has 2 saturated heterocycles. The predicted molar refractivity (Wildman–Crippen MR) is 123 cm³/mol. The number of anilines is 1. The second kappa shape index (κ2) is 8.52. The number of nitrogens with one attached hydrogen (secondary N) is 1. The van der Waals surface area contributed by atoms with Crippen molar-refractivity contribution < 1.29 is 9.59 Å². The van der Waals surface area contributed by atoms with E-state index in [9.17, 15) is 9.59 Å². The second-order valence-electron chi connectivity index (χ2n) is 7.99. The average Bonchev–Trinajstić information content (AvgIpc) is 3.13. The third-order valence-electron chi connectivity index (χ3n) is 5.97. The molecule has 2 aromatic carbocycles. The maximum atomic E-state index is 13.1. The first-order valence-electron chi connectivity index (χ1n) is 10.2. The number of benzene rings is 2. The van der Waals surface area contributed by atoms with Gasteiger partial charge in [-0.05, 0) is 62.6 Å². The van der Waals surface area contributed by atoms with Gasteiger partial charge in [-0.1, -0.05) is 29.3 Å². The Morgan fingerprint density at radius 2 is 1.73 bits per heavy atom. The number of carbonyl (C=O) groups is 2. The van der Waals surface area contributed by atoms with Crippen molar-refractivity contribution in [2.45, 2.75) is 31.6 Å². The molecule has 0 bridgehead atoms. The quantitative estimate of drug-likeness (QED) is 0.696. The maximum absolute atomic E-state index is 13.1. The van der Waals surface area contributed by atoms with Crippen molar-refractivity contribution in [2.75, 3.05) is 30.7 Å². The number of thioether (sulfide) groups is 1. The number of likely N-dealkylation sites (tertiary alicyclic amines) is 1. The van der Waals surface area contributed by atoms with E-state index in [1.165, 1.54) is 5.56 Å². The summed E-state index contributed by atoms with van der Waals surface area (Å²) < 4.78 is 0. The summed E-state index contributed by atoms with van der Waals surface area (Å²) in [4.78, 5) is 29.5. The first-order valence-corrected chi connectivity index (χ1v) is 11.6. The van der Waals surface area contributed by atoms with Gasteiger partial charge in [-0.2, -0.15) is 0 Å². The summed E-state index contributed by atoms with van der Waals surface area (Å²) in [5, 5.41) is 3.66. The summed E-state index contributed by atoms with van der Waals surface area (Å²) in [6.07, 6.45) is 1.55. The Labute approximate surface area is 186 Å². The van der Waals surface area contributed by atoms with Crippen molar-refractivity contribution in [3.05, 3.63) is 64.2 Å². The Balaban J connectivity index is 1.41. The molecule has 2 aliphatic rings.